The van der Waals surface area contributed by atoms with Crippen molar-refractivity contribution in [2.45, 2.75) is 6.04 Å². The van der Waals surface area contributed by atoms with Gasteiger partial charge in [0.25, 0.3) is 0 Å². The van der Waals surface area contributed by atoms with E-state index < -0.39 is 6.04 Å². The molecular formula is C16H10BrClFN5. The van der Waals surface area contributed by atoms with Crippen LogP contribution in [0.3, 0.4) is 0 Å². The number of benzene rings is 2. The first-order valence-corrected chi connectivity index (χ1v) is 8.26. The molecule has 1 aliphatic heterocycles. The molecule has 0 saturated carbocycles. The first kappa shape index (κ1) is 15.3. The molecule has 120 valence electrons. The lowest BCUT2D eigenvalue weighted by Crippen LogP contribution is -2.21. The van der Waals surface area contributed by atoms with Crippen molar-refractivity contribution in [3.8, 4) is 0 Å². The summed E-state index contributed by atoms with van der Waals surface area (Å²) < 4.78 is 16.7. The maximum atomic E-state index is 14.4. The van der Waals surface area contributed by atoms with Crippen molar-refractivity contribution in [3.63, 3.8) is 0 Å². The third kappa shape index (κ3) is 2.70. The van der Waals surface area contributed by atoms with E-state index in [1.54, 1.807) is 28.9 Å². The van der Waals surface area contributed by atoms with E-state index in [1.807, 2.05) is 18.2 Å². The maximum absolute atomic E-state index is 14.4. The molecule has 4 rings (SSSR count). The minimum atomic E-state index is -0.459. The Hall–Kier alpha value is -2.25. The van der Waals surface area contributed by atoms with Crippen LogP contribution in [0.5, 0.6) is 0 Å². The first-order chi connectivity index (χ1) is 11.6. The van der Waals surface area contributed by atoms with Gasteiger partial charge < -0.3 is 5.32 Å². The van der Waals surface area contributed by atoms with Gasteiger partial charge in [0.1, 0.15) is 11.9 Å². The highest BCUT2D eigenvalue weighted by Gasteiger charge is 2.26. The molecule has 1 N–H and O–H groups in total. The Kier molecular flexibility index (Phi) is 3.82. The summed E-state index contributed by atoms with van der Waals surface area (Å²) in [5, 5.41) is 15.4. The minimum absolute atomic E-state index is 0.321. The normalized spacial score (nSPS) is 16.3. The number of aromatic nitrogens is 4. The maximum Gasteiger partial charge on any atom is 0.248 e. The van der Waals surface area contributed by atoms with E-state index in [0.29, 0.717) is 16.5 Å². The summed E-state index contributed by atoms with van der Waals surface area (Å²) in [7, 11) is 0. The third-order valence-electron chi connectivity index (χ3n) is 3.76. The van der Waals surface area contributed by atoms with Gasteiger partial charge in [-0.15, -0.1) is 0 Å². The minimum Gasteiger partial charge on any atom is -0.323 e. The first-order valence-electron chi connectivity index (χ1n) is 7.09. The highest BCUT2D eigenvalue weighted by molar-refractivity contribution is 9.10. The van der Waals surface area contributed by atoms with Gasteiger partial charge in [-0.3, -0.25) is 0 Å². The van der Waals surface area contributed by atoms with Crippen molar-refractivity contribution >= 4 is 39.2 Å². The summed E-state index contributed by atoms with van der Waals surface area (Å²) in [5.74, 6) is 0.130. The van der Waals surface area contributed by atoms with Gasteiger partial charge in [0.05, 0.1) is 0 Å². The summed E-state index contributed by atoms with van der Waals surface area (Å²) in [4.78, 5) is 0. The van der Waals surface area contributed by atoms with E-state index in [-0.39, 0.29) is 5.82 Å². The number of halogens is 3. The number of tetrazole rings is 1. The van der Waals surface area contributed by atoms with Crippen LogP contribution < -0.4 is 5.32 Å². The summed E-state index contributed by atoms with van der Waals surface area (Å²) >= 11 is 9.33. The molecule has 0 spiro atoms. The van der Waals surface area contributed by atoms with Crippen LogP contribution in [0.1, 0.15) is 17.2 Å². The Bertz CT molecular complexity index is 938. The van der Waals surface area contributed by atoms with Crippen LogP contribution in [0, 0.1) is 5.82 Å². The highest BCUT2D eigenvalue weighted by Crippen LogP contribution is 2.34. The van der Waals surface area contributed by atoms with Crippen molar-refractivity contribution in [2.24, 2.45) is 0 Å². The Balaban J connectivity index is 1.85. The molecule has 0 saturated heterocycles. The lowest BCUT2D eigenvalue weighted by Gasteiger charge is -2.24. The van der Waals surface area contributed by atoms with E-state index >= 15 is 0 Å². The third-order valence-corrected chi connectivity index (χ3v) is 4.50. The van der Waals surface area contributed by atoms with E-state index in [1.165, 1.54) is 6.07 Å². The zero-order valence-electron chi connectivity index (χ0n) is 12.1. The monoisotopic (exact) mass is 405 g/mol. The Labute approximate surface area is 150 Å². The molecule has 0 bridgehead atoms. The zero-order chi connectivity index (χ0) is 16.7. The molecule has 3 aromatic rings. The lowest BCUT2D eigenvalue weighted by molar-refractivity contribution is 0.539. The topological polar surface area (TPSA) is 55.6 Å². The van der Waals surface area contributed by atoms with Gasteiger partial charge in [-0.2, -0.15) is 4.68 Å². The van der Waals surface area contributed by atoms with Crippen LogP contribution in [0.25, 0.3) is 5.70 Å². The second-order valence-electron chi connectivity index (χ2n) is 5.27. The number of rotatable bonds is 2. The molecule has 8 heteroatoms. The quantitative estimate of drug-likeness (QED) is 0.690. The van der Waals surface area contributed by atoms with Crippen molar-refractivity contribution in [3.05, 3.63) is 75.0 Å². The predicted molar refractivity (Wildman–Crippen MR) is 93.1 cm³/mol. The number of nitrogens with zero attached hydrogens (tertiary/aromatic N) is 4. The molecule has 2 heterocycles. The Morgan fingerprint density at radius 1 is 1.17 bits per heavy atom. The molecule has 5 nitrogen and oxygen atoms in total. The number of nitrogens with one attached hydrogen (secondary N) is 1. The molecule has 2 aromatic carbocycles. The van der Waals surface area contributed by atoms with Crippen LogP contribution in [0.4, 0.5) is 10.3 Å². The van der Waals surface area contributed by atoms with Crippen molar-refractivity contribution in [2.75, 3.05) is 5.32 Å². The van der Waals surface area contributed by atoms with Crippen molar-refractivity contribution < 1.29 is 4.39 Å². The van der Waals surface area contributed by atoms with Crippen LogP contribution in [-0.2, 0) is 0 Å². The van der Waals surface area contributed by atoms with Crippen molar-refractivity contribution in [1.29, 1.82) is 0 Å². The Morgan fingerprint density at radius 2 is 1.96 bits per heavy atom. The molecule has 0 fully saturated rings. The Morgan fingerprint density at radius 3 is 2.75 bits per heavy atom. The average molecular weight is 407 g/mol. The fraction of sp³-hybridized carbons (Fsp3) is 0.0625. The van der Waals surface area contributed by atoms with E-state index in [0.717, 1.165) is 15.7 Å². The van der Waals surface area contributed by atoms with Gasteiger partial charge in [-0.05, 0) is 52.4 Å². The van der Waals surface area contributed by atoms with Gasteiger partial charge in [0.15, 0.2) is 0 Å². The number of hydrogen-bond acceptors (Lipinski definition) is 4. The van der Waals surface area contributed by atoms with Gasteiger partial charge in [0, 0.05) is 20.8 Å². The SMILES string of the molecule is Fc1ccc(Br)cc1C1C=C(c2ccc(Cl)cc2)Nc2nnnn21. The molecule has 1 aromatic heterocycles. The second-order valence-corrected chi connectivity index (χ2v) is 6.62. The standard InChI is InChI=1S/C16H10BrClFN5/c17-10-3-6-13(19)12(7-10)15-8-14(9-1-4-11(18)5-2-9)20-16-21-22-23-24(15)16/h1-8,15H,(H,20,21,23). The highest BCUT2D eigenvalue weighted by atomic mass is 79.9. The fourth-order valence-corrected chi connectivity index (χ4v) is 3.12. The summed E-state index contributed by atoms with van der Waals surface area (Å²) in [6.45, 7) is 0. The largest absolute Gasteiger partial charge is 0.323 e. The number of fused-ring (bicyclic) bond motifs is 1. The molecule has 24 heavy (non-hydrogen) atoms. The van der Waals surface area contributed by atoms with Crippen LogP contribution in [0.2, 0.25) is 5.02 Å². The van der Waals surface area contributed by atoms with Gasteiger partial charge in [0.2, 0.25) is 5.95 Å². The average Bonchev–Trinajstić information content (AvgIpc) is 3.05. The summed E-state index contributed by atoms with van der Waals surface area (Å²) in [6, 6.07) is 11.7. The van der Waals surface area contributed by atoms with Gasteiger partial charge in [-0.25, -0.2) is 4.39 Å². The molecule has 0 radical (unpaired) electrons. The predicted octanol–water partition coefficient (Wildman–Crippen LogP) is 4.28. The number of allylic oxidation sites excluding steroid dienone is 1. The lowest BCUT2D eigenvalue weighted by atomic mass is 10.0. The van der Waals surface area contributed by atoms with Crippen molar-refractivity contribution in [1.82, 2.24) is 20.2 Å². The van der Waals surface area contributed by atoms with E-state index in [9.17, 15) is 4.39 Å². The van der Waals surface area contributed by atoms with Crippen LogP contribution >= 0.6 is 27.5 Å². The zero-order valence-corrected chi connectivity index (χ0v) is 14.5. The van der Waals surface area contributed by atoms with E-state index in [4.69, 9.17) is 11.6 Å². The molecule has 0 amide bonds. The fourth-order valence-electron chi connectivity index (χ4n) is 2.61. The van der Waals surface area contributed by atoms with E-state index in [2.05, 4.69) is 36.8 Å². The smallest absolute Gasteiger partial charge is 0.248 e. The summed E-state index contributed by atoms with van der Waals surface area (Å²) in [6.07, 6.45) is 1.89. The van der Waals surface area contributed by atoms with Crippen LogP contribution in [0.15, 0.2) is 53.0 Å². The molecule has 1 aliphatic rings. The molecule has 0 aliphatic carbocycles. The summed E-state index contributed by atoms with van der Waals surface area (Å²) in [5.41, 5.74) is 2.18. The number of anilines is 1. The van der Waals surface area contributed by atoms with Gasteiger partial charge >= 0.3 is 0 Å². The van der Waals surface area contributed by atoms with Gasteiger partial charge in [-0.1, -0.05) is 44.8 Å². The number of hydrogen-bond donors (Lipinski definition) is 1. The molecule has 1 atom stereocenters. The molecule has 1 unspecified atom stereocenters. The molecular weight excluding hydrogens is 397 g/mol. The second kappa shape index (κ2) is 5.99. The van der Waals surface area contributed by atoms with Crippen LogP contribution in [-0.4, -0.2) is 20.2 Å².